The predicted octanol–water partition coefficient (Wildman–Crippen LogP) is 3.68. The van der Waals surface area contributed by atoms with Gasteiger partial charge in [0.15, 0.2) is 0 Å². The van der Waals surface area contributed by atoms with Gasteiger partial charge in [0.05, 0.1) is 6.61 Å². The van der Waals surface area contributed by atoms with Gasteiger partial charge in [-0.2, -0.15) is 0 Å². The Kier molecular flexibility index (Phi) is 5.75. The molecule has 0 saturated heterocycles. The van der Waals surface area contributed by atoms with Gasteiger partial charge in [0, 0.05) is 29.5 Å². The number of nitrogens with one attached hydrogen (secondary N) is 1. The van der Waals surface area contributed by atoms with Gasteiger partial charge in [-0.1, -0.05) is 30.3 Å². The van der Waals surface area contributed by atoms with E-state index in [-0.39, 0.29) is 11.7 Å². The van der Waals surface area contributed by atoms with E-state index in [0.29, 0.717) is 36.1 Å². The number of thioether (sulfide) groups is 1. The quantitative estimate of drug-likeness (QED) is 0.812. The SMILES string of the molecule is O=C(CCSc1ccccc1F)NCC1COc2ccccc2C1. The van der Waals surface area contributed by atoms with Crippen molar-refractivity contribution in [3.63, 3.8) is 0 Å². The summed E-state index contributed by atoms with van der Waals surface area (Å²) in [5, 5.41) is 2.96. The predicted molar refractivity (Wildman–Crippen MR) is 93.9 cm³/mol. The van der Waals surface area contributed by atoms with Crippen molar-refractivity contribution in [3.8, 4) is 5.75 Å². The van der Waals surface area contributed by atoms with Crippen LogP contribution in [0.2, 0.25) is 0 Å². The summed E-state index contributed by atoms with van der Waals surface area (Å²) in [4.78, 5) is 12.5. The molecule has 0 saturated carbocycles. The fraction of sp³-hybridized carbons (Fsp3) is 0.316. The van der Waals surface area contributed by atoms with Gasteiger partial charge in [-0.15, -0.1) is 11.8 Å². The lowest BCUT2D eigenvalue weighted by atomic mass is 9.97. The largest absolute Gasteiger partial charge is 0.493 e. The number of halogens is 1. The Morgan fingerprint density at radius 3 is 2.88 bits per heavy atom. The van der Waals surface area contributed by atoms with Crippen LogP contribution in [0.5, 0.6) is 5.75 Å². The fourth-order valence-corrected chi connectivity index (χ4v) is 3.57. The number of para-hydroxylation sites is 1. The number of rotatable bonds is 6. The topological polar surface area (TPSA) is 38.3 Å². The molecule has 1 atom stereocenters. The van der Waals surface area contributed by atoms with Crippen LogP contribution >= 0.6 is 11.8 Å². The maximum Gasteiger partial charge on any atom is 0.220 e. The molecule has 2 aromatic carbocycles. The number of ether oxygens (including phenoxy) is 1. The van der Waals surface area contributed by atoms with E-state index in [1.54, 1.807) is 18.2 Å². The van der Waals surface area contributed by atoms with E-state index >= 15 is 0 Å². The summed E-state index contributed by atoms with van der Waals surface area (Å²) in [6, 6.07) is 14.6. The molecule has 3 rings (SSSR count). The van der Waals surface area contributed by atoms with E-state index < -0.39 is 0 Å². The van der Waals surface area contributed by atoms with Crippen LogP contribution in [0.25, 0.3) is 0 Å². The molecule has 1 aliphatic rings. The number of hydrogen-bond acceptors (Lipinski definition) is 3. The normalized spacial score (nSPS) is 16.1. The Hall–Kier alpha value is -2.01. The molecule has 1 aliphatic heterocycles. The minimum absolute atomic E-state index is 0.00213. The van der Waals surface area contributed by atoms with Crippen LogP contribution in [-0.4, -0.2) is 24.8 Å². The molecule has 1 amide bonds. The number of benzene rings is 2. The molecule has 0 bridgehead atoms. The van der Waals surface area contributed by atoms with Crippen molar-refractivity contribution in [2.24, 2.45) is 5.92 Å². The van der Waals surface area contributed by atoms with Gasteiger partial charge in [0.1, 0.15) is 11.6 Å². The summed E-state index contributed by atoms with van der Waals surface area (Å²) in [6.45, 7) is 1.23. The highest BCUT2D eigenvalue weighted by Gasteiger charge is 2.19. The van der Waals surface area contributed by atoms with E-state index in [9.17, 15) is 9.18 Å². The molecule has 0 aliphatic carbocycles. The van der Waals surface area contributed by atoms with Crippen molar-refractivity contribution >= 4 is 17.7 Å². The van der Waals surface area contributed by atoms with Crippen LogP contribution < -0.4 is 10.1 Å². The summed E-state index contributed by atoms with van der Waals surface area (Å²) in [5.41, 5.74) is 1.19. The zero-order valence-electron chi connectivity index (χ0n) is 13.3. The summed E-state index contributed by atoms with van der Waals surface area (Å²) in [6.07, 6.45) is 1.30. The monoisotopic (exact) mass is 345 g/mol. The van der Waals surface area contributed by atoms with E-state index in [0.717, 1.165) is 12.2 Å². The fourth-order valence-electron chi connectivity index (χ4n) is 2.68. The third-order valence-corrected chi connectivity index (χ3v) is 5.02. The van der Waals surface area contributed by atoms with Crippen LogP contribution in [0.3, 0.4) is 0 Å². The van der Waals surface area contributed by atoms with E-state index in [2.05, 4.69) is 11.4 Å². The summed E-state index contributed by atoms with van der Waals surface area (Å²) in [7, 11) is 0. The zero-order chi connectivity index (χ0) is 16.8. The first kappa shape index (κ1) is 16.8. The average Bonchev–Trinajstić information content (AvgIpc) is 2.61. The van der Waals surface area contributed by atoms with E-state index in [1.165, 1.54) is 23.4 Å². The smallest absolute Gasteiger partial charge is 0.220 e. The Labute approximate surface area is 145 Å². The molecule has 24 heavy (non-hydrogen) atoms. The highest BCUT2D eigenvalue weighted by Crippen LogP contribution is 2.26. The summed E-state index contributed by atoms with van der Waals surface area (Å²) >= 11 is 1.37. The second-order valence-corrected chi connectivity index (χ2v) is 6.96. The van der Waals surface area contributed by atoms with Crippen molar-refractivity contribution in [2.45, 2.75) is 17.7 Å². The number of fused-ring (bicyclic) bond motifs is 1. The van der Waals surface area contributed by atoms with Gasteiger partial charge in [0.2, 0.25) is 5.91 Å². The first-order chi connectivity index (χ1) is 11.7. The lowest BCUT2D eigenvalue weighted by molar-refractivity contribution is -0.120. The molecule has 0 spiro atoms. The first-order valence-corrected chi connectivity index (χ1v) is 9.05. The van der Waals surface area contributed by atoms with Crippen molar-refractivity contribution < 1.29 is 13.9 Å². The number of hydrogen-bond donors (Lipinski definition) is 1. The molecule has 0 radical (unpaired) electrons. The number of carbonyl (C=O) groups is 1. The molecule has 126 valence electrons. The minimum atomic E-state index is -0.235. The Balaban J connectivity index is 1.38. The molecule has 5 heteroatoms. The van der Waals surface area contributed by atoms with Crippen molar-refractivity contribution in [1.82, 2.24) is 5.32 Å². The third-order valence-electron chi connectivity index (χ3n) is 3.97. The first-order valence-electron chi connectivity index (χ1n) is 8.07. The van der Waals surface area contributed by atoms with Gasteiger partial charge in [-0.3, -0.25) is 4.79 Å². The molecule has 1 unspecified atom stereocenters. The van der Waals surface area contributed by atoms with Crippen LogP contribution in [0.4, 0.5) is 4.39 Å². The third kappa shape index (κ3) is 4.51. The van der Waals surface area contributed by atoms with Gasteiger partial charge >= 0.3 is 0 Å². The summed E-state index contributed by atoms with van der Waals surface area (Å²) in [5.74, 6) is 1.57. The molecular weight excluding hydrogens is 325 g/mol. The zero-order valence-corrected chi connectivity index (χ0v) is 14.2. The molecule has 3 nitrogen and oxygen atoms in total. The van der Waals surface area contributed by atoms with Gasteiger partial charge in [-0.05, 0) is 30.2 Å². The molecular formula is C19H20FNO2S. The molecule has 2 aromatic rings. The van der Waals surface area contributed by atoms with Crippen molar-refractivity contribution in [2.75, 3.05) is 18.9 Å². The number of amides is 1. The van der Waals surface area contributed by atoms with Gasteiger partial charge < -0.3 is 10.1 Å². The highest BCUT2D eigenvalue weighted by atomic mass is 32.2. The molecule has 1 heterocycles. The van der Waals surface area contributed by atoms with Crippen molar-refractivity contribution in [3.05, 3.63) is 59.9 Å². The van der Waals surface area contributed by atoms with E-state index in [1.807, 2.05) is 18.2 Å². The van der Waals surface area contributed by atoms with E-state index in [4.69, 9.17) is 4.74 Å². The van der Waals surface area contributed by atoms with Gasteiger partial charge in [-0.25, -0.2) is 4.39 Å². The van der Waals surface area contributed by atoms with Crippen LogP contribution in [0.15, 0.2) is 53.4 Å². The molecule has 0 fully saturated rings. The maximum absolute atomic E-state index is 13.5. The van der Waals surface area contributed by atoms with Gasteiger partial charge in [0.25, 0.3) is 0 Å². The maximum atomic E-state index is 13.5. The minimum Gasteiger partial charge on any atom is -0.493 e. The Morgan fingerprint density at radius 1 is 1.21 bits per heavy atom. The van der Waals surface area contributed by atoms with Crippen LogP contribution in [-0.2, 0) is 11.2 Å². The number of carbonyl (C=O) groups excluding carboxylic acids is 1. The standard InChI is InChI=1S/C19H20FNO2S/c20-16-6-2-4-8-18(16)24-10-9-19(22)21-12-14-11-15-5-1-3-7-17(15)23-13-14/h1-8,14H,9-13H2,(H,21,22). The highest BCUT2D eigenvalue weighted by molar-refractivity contribution is 7.99. The van der Waals surface area contributed by atoms with Crippen molar-refractivity contribution in [1.29, 1.82) is 0 Å². The second kappa shape index (κ2) is 8.20. The average molecular weight is 345 g/mol. The lowest BCUT2D eigenvalue weighted by Crippen LogP contribution is -2.34. The molecule has 0 aromatic heterocycles. The Morgan fingerprint density at radius 2 is 2.00 bits per heavy atom. The Bertz CT molecular complexity index is 707. The lowest BCUT2D eigenvalue weighted by Gasteiger charge is -2.25. The summed E-state index contributed by atoms with van der Waals surface area (Å²) < 4.78 is 19.2. The van der Waals surface area contributed by atoms with Crippen LogP contribution in [0, 0.1) is 11.7 Å². The van der Waals surface area contributed by atoms with Crippen LogP contribution in [0.1, 0.15) is 12.0 Å². The second-order valence-electron chi connectivity index (χ2n) is 5.82. The molecule has 1 N–H and O–H groups in total.